The molecule has 0 bridgehead atoms. The summed E-state index contributed by atoms with van der Waals surface area (Å²) in [5, 5.41) is 0. The van der Waals surface area contributed by atoms with Crippen molar-refractivity contribution in [1.29, 1.82) is 0 Å². The maximum Gasteiger partial charge on any atom is 0.315 e. The SMILES string of the molecule is CCOC(=O)CSCCc1ccccc1N. The van der Waals surface area contributed by atoms with Crippen LogP contribution < -0.4 is 5.73 Å². The zero-order chi connectivity index (χ0) is 11.8. The van der Waals surface area contributed by atoms with Crippen molar-refractivity contribution in [3.05, 3.63) is 29.8 Å². The lowest BCUT2D eigenvalue weighted by Gasteiger charge is -2.05. The highest BCUT2D eigenvalue weighted by molar-refractivity contribution is 7.99. The number of anilines is 1. The first-order chi connectivity index (χ1) is 7.74. The molecule has 0 amide bonds. The Bertz CT molecular complexity index is 342. The Morgan fingerprint density at radius 3 is 2.88 bits per heavy atom. The van der Waals surface area contributed by atoms with Gasteiger partial charge >= 0.3 is 5.97 Å². The third kappa shape index (κ3) is 4.57. The first kappa shape index (κ1) is 12.9. The second kappa shape index (κ2) is 7.17. The highest BCUT2D eigenvalue weighted by Gasteiger charge is 2.02. The minimum Gasteiger partial charge on any atom is -0.465 e. The van der Waals surface area contributed by atoms with E-state index < -0.39 is 0 Å². The van der Waals surface area contributed by atoms with Crippen LogP contribution in [0.15, 0.2) is 24.3 Å². The van der Waals surface area contributed by atoms with Crippen LogP contribution in [-0.4, -0.2) is 24.1 Å². The van der Waals surface area contributed by atoms with Gasteiger partial charge in [-0.2, -0.15) is 0 Å². The van der Waals surface area contributed by atoms with Crippen molar-refractivity contribution >= 4 is 23.4 Å². The molecule has 1 aromatic rings. The lowest BCUT2D eigenvalue weighted by atomic mass is 10.1. The van der Waals surface area contributed by atoms with Gasteiger partial charge in [0, 0.05) is 5.69 Å². The largest absolute Gasteiger partial charge is 0.465 e. The van der Waals surface area contributed by atoms with E-state index in [9.17, 15) is 4.79 Å². The van der Waals surface area contributed by atoms with E-state index in [-0.39, 0.29) is 5.97 Å². The van der Waals surface area contributed by atoms with Gasteiger partial charge in [-0.3, -0.25) is 4.79 Å². The number of ether oxygens (including phenoxy) is 1. The smallest absolute Gasteiger partial charge is 0.315 e. The molecule has 3 nitrogen and oxygen atoms in total. The molecule has 0 spiro atoms. The fourth-order valence-corrected chi connectivity index (χ4v) is 2.06. The van der Waals surface area contributed by atoms with Gasteiger partial charge in [-0.1, -0.05) is 18.2 Å². The maximum atomic E-state index is 11.1. The minimum atomic E-state index is -0.145. The molecule has 0 unspecified atom stereocenters. The summed E-state index contributed by atoms with van der Waals surface area (Å²) in [6, 6.07) is 7.80. The molecule has 1 rings (SSSR count). The van der Waals surface area contributed by atoms with Crippen molar-refractivity contribution in [2.24, 2.45) is 0 Å². The Kier molecular flexibility index (Phi) is 5.78. The van der Waals surface area contributed by atoms with Crippen molar-refractivity contribution < 1.29 is 9.53 Å². The molecule has 0 fully saturated rings. The molecular formula is C12H17NO2S. The highest BCUT2D eigenvalue weighted by Crippen LogP contribution is 2.13. The number of aryl methyl sites for hydroxylation is 1. The van der Waals surface area contributed by atoms with Gasteiger partial charge in [-0.15, -0.1) is 11.8 Å². The molecule has 16 heavy (non-hydrogen) atoms. The van der Waals surface area contributed by atoms with Crippen LogP contribution in [0.25, 0.3) is 0 Å². The minimum absolute atomic E-state index is 0.145. The van der Waals surface area contributed by atoms with Crippen LogP contribution in [0.1, 0.15) is 12.5 Å². The first-order valence-corrected chi connectivity index (χ1v) is 6.46. The van der Waals surface area contributed by atoms with Crippen LogP contribution in [0, 0.1) is 0 Å². The van der Waals surface area contributed by atoms with Crippen LogP contribution >= 0.6 is 11.8 Å². The third-order valence-electron chi connectivity index (χ3n) is 2.10. The number of nitrogens with two attached hydrogens (primary N) is 1. The summed E-state index contributed by atoms with van der Waals surface area (Å²) >= 11 is 1.57. The van der Waals surface area contributed by atoms with Crippen molar-refractivity contribution in [3.63, 3.8) is 0 Å². The summed E-state index contributed by atoms with van der Waals surface area (Å²) in [5.74, 6) is 1.15. The number of hydrogen-bond donors (Lipinski definition) is 1. The quantitative estimate of drug-likeness (QED) is 0.469. The van der Waals surface area contributed by atoms with Crippen LogP contribution in [0.2, 0.25) is 0 Å². The number of carbonyl (C=O) groups excluding carboxylic acids is 1. The summed E-state index contributed by atoms with van der Waals surface area (Å²) in [7, 11) is 0. The third-order valence-corrected chi connectivity index (χ3v) is 3.03. The first-order valence-electron chi connectivity index (χ1n) is 5.30. The molecule has 0 aliphatic rings. The Morgan fingerprint density at radius 2 is 2.19 bits per heavy atom. The number of carbonyl (C=O) groups is 1. The monoisotopic (exact) mass is 239 g/mol. The van der Waals surface area contributed by atoms with E-state index in [0.29, 0.717) is 12.4 Å². The second-order valence-corrected chi connectivity index (χ2v) is 4.41. The van der Waals surface area contributed by atoms with E-state index in [0.717, 1.165) is 23.4 Å². The van der Waals surface area contributed by atoms with Gasteiger partial charge < -0.3 is 10.5 Å². The molecule has 1 aromatic carbocycles. The van der Waals surface area contributed by atoms with Gasteiger partial charge in [0.05, 0.1) is 12.4 Å². The Morgan fingerprint density at radius 1 is 1.44 bits per heavy atom. The van der Waals surface area contributed by atoms with Crippen molar-refractivity contribution in [1.82, 2.24) is 0 Å². The van der Waals surface area contributed by atoms with Gasteiger partial charge in [-0.05, 0) is 30.7 Å². The number of benzene rings is 1. The van der Waals surface area contributed by atoms with Crippen molar-refractivity contribution in [3.8, 4) is 0 Å². The lowest BCUT2D eigenvalue weighted by Crippen LogP contribution is -2.07. The summed E-state index contributed by atoms with van der Waals surface area (Å²) in [5.41, 5.74) is 7.77. The van der Waals surface area contributed by atoms with E-state index in [1.165, 1.54) is 0 Å². The molecule has 0 saturated heterocycles. The summed E-state index contributed by atoms with van der Waals surface area (Å²) in [4.78, 5) is 11.1. The van der Waals surface area contributed by atoms with Crippen LogP contribution in [0.4, 0.5) is 5.69 Å². The van der Waals surface area contributed by atoms with E-state index in [1.54, 1.807) is 11.8 Å². The number of rotatable bonds is 6. The predicted molar refractivity (Wildman–Crippen MR) is 68.5 cm³/mol. The summed E-state index contributed by atoms with van der Waals surface area (Å²) < 4.78 is 4.83. The molecule has 0 saturated carbocycles. The number of para-hydroxylation sites is 1. The zero-order valence-electron chi connectivity index (χ0n) is 9.44. The standard InChI is InChI=1S/C12H17NO2S/c1-2-15-12(14)9-16-8-7-10-5-3-4-6-11(10)13/h3-6H,2,7-9,13H2,1H3. The van der Waals surface area contributed by atoms with Crippen LogP contribution in [0.3, 0.4) is 0 Å². The van der Waals surface area contributed by atoms with Crippen molar-refractivity contribution in [2.45, 2.75) is 13.3 Å². The molecule has 0 heterocycles. The van der Waals surface area contributed by atoms with E-state index in [4.69, 9.17) is 10.5 Å². The fourth-order valence-electron chi connectivity index (χ4n) is 1.30. The lowest BCUT2D eigenvalue weighted by molar-refractivity contribution is -0.139. The molecule has 0 aliphatic heterocycles. The average Bonchev–Trinajstić information content (AvgIpc) is 2.27. The van der Waals surface area contributed by atoms with Gasteiger partial charge in [0.2, 0.25) is 0 Å². The van der Waals surface area contributed by atoms with Gasteiger partial charge in [0.25, 0.3) is 0 Å². The van der Waals surface area contributed by atoms with Gasteiger partial charge in [-0.25, -0.2) is 0 Å². The van der Waals surface area contributed by atoms with E-state index >= 15 is 0 Å². The normalized spacial score (nSPS) is 10.1. The maximum absolute atomic E-state index is 11.1. The summed E-state index contributed by atoms with van der Waals surface area (Å²) in [6.45, 7) is 2.26. The topological polar surface area (TPSA) is 52.3 Å². The zero-order valence-corrected chi connectivity index (χ0v) is 10.3. The molecule has 0 atom stereocenters. The number of hydrogen-bond acceptors (Lipinski definition) is 4. The number of nitrogen functional groups attached to an aromatic ring is 1. The molecule has 0 radical (unpaired) electrons. The molecule has 88 valence electrons. The Labute approximate surface area is 100 Å². The molecule has 2 N–H and O–H groups in total. The average molecular weight is 239 g/mol. The van der Waals surface area contributed by atoms with Gasteiger partial charge in [0.1, 0.15) is 0 Å². The number of thioether (sulfide) groups is 1. The Balaban J connectivity index is 2.21. The van der Waals surface area contributed by atoms with E-state index in [2.05, 4.69) is 0 Å². The predicted octanol–water partition coefficient (Wildman–Crippen LogP) is 2.11. The van der Waals surface area contributed by atoms with Crippen LogP contribution in [-0.2, 0) is 16.0 Å². The Hall–Kier alpha value is -1.16. The summed E-state index contributed by atoms with van der Waals surface area (Å²) in [6.07, 6.45) is 0.886. The second-order valence-electron chi connectivity index (χ2n) is 3.31. The number of esters is 1. The van der Waals surface area contributed by atoms with Crippen molar-refractivity contribution in [2.75, 3.05) is 23.8 Å². The van der Waals surface area contributed by atoms with Gasteiger partial charge in [0.15, 0.2) is 0 Å². The molecule has 0 aromatic heterocycles. The molecule has 0 aliphatic carbocycles. The molecular weight excluding hydrogens is 222 g/mol. The van der Waals surface area contributed by atoms with Crippen LogP contribution in [0.5, 0.6) is 0 Å². The highest BCUT2D eigenvalue weighted by atomic mass is 32.2. The fraction of sp³-hybridized carbons (Fsp3) is 0.417. The molecule has 4 heteroatoms. The van der Waals surface area contributed by atoms with E-state index in [1.807, 2.05) is 31.2 Å².